The van der Waals surface area contributed by atoms with Crippen molar-refractivity contribution in [3.8, 4) is 0 Å². The summed E-state index contributed by atoms with van der Waals surface area (Å²) in [4.78, 5) is 0. The number of halogens is 1. The molecule has 15 heavy (non-hydrogen) atoms. The topological polar surface area (TPSA) is 52.5 Å². The Bertz CT molecular complexity index is 306. The molecule has 2 unspecified atom stereocenters. The highest BCUT2D eigenvalue weighted by Gasteiger charge is 2.19. The van der Waals surface area contributed by atoms with E-state index in [4.69, 9.17) is 11.6 Å². The fourth-order valence-corrected chi connectivity index (χ4v) is 1.62. The van der Waals surface area contributed by atoms with Crippen molar-refractivity contribution in [3.05, 3.63) is 34.9 Å². The highest BCUT2D eigenvalue weighted by Crippen LogP contribution is 2.25. The van der Waals surface area contributed by atoms with E-state index < -0.39 is 12.2 Å². The third-order valence-corrected chi connectivity index (χ3v) is 2.62. The van der Waals surface area contributed by atoms with Crippen LogP contribution in [0.4, 0.5) is 0 Å². The van der Waals surface area contributed by atoms with Crippen LogP contribution in [0.3, 0.4) is 0 Å². The normalized spacial score (nSPS) is 14.9. The average Bonchev–Trinajstić information content (AvgIpc) is 2.25. The van der Waals surface area contributed by atoms with Gasteiger partial charge in [-0.1, -0.05) is 29.8 Å². The molecule has 0 saturated carbocycles. The van der Waals surface area contributed by atoms with E-state index in [9.17, 15) is 10.2 Å². The van der Waals surface area contributed by atoms with E-state index in [0.29, 0.717) is 23.6 Å². The number of hydrogen-bond donors (Lipinski definition) is 3. The largest absolute Gasteiger partial charge is 0.390 e. The molecular weight excluding hydrogens is 214 g/mol. The van der Waals surface area contributed by atoms with E-state index in [1.807, 2.05) is 0 Å². The number of aliphatic hydroxyl groups excluding tert-OH is 2. The van der Waals surface area contributed by atoms with Crippen molar-refractivity contribution in [1.29, 1.82) is 0 Å². The Hall–Kier alpha value is -0.610. The second kappa shape index (κ2) is 6.08. The zero-order valence-electron chi connectivity index (χ0n) is 8.65. The van der Waals surface area contributed by atoms with E-state index in [2.05, 4.69) is 5.32 Å². The Labute approximate surface area is 94.7 Å². The molecule has 0 aliphatic carbocycles. The van der Waals surface area contributed by atoms with Gasteiger partial charge in [0, 0.05) is 10.6 Å². The molecule has 3 N–H and O–H groups in total. The van der Waals surface area contributed by atoms with Crippen LogP contribution in [0, 0.1) is 0 Å². The monoisotopic (exact) mass is 229 g/mol. The standard InChI is InChI=1S/C11H16ClNO2/c1-13-7-6-10(14)11(15)8-4-2-3-5-9(8)12/h2-5,10-11,13-15H,6-7H2,1H3. The Morgan fingerprint density at radius 1 is 1.33 bits per heavy atom. The second-order valence-electron chi connectivity index (χ2n) is 3.43. The molecule has 0 fully saturated rings. The smallest absolute Gasteiger partial charge is 0.106 e. The average molecular weight is 230 g/mol. The molecule has 0 bridgehead atoms. The molecular formula is C11H16ClNO2. The molecule has 3 nitrogen and oxygen atoms in total. The fraction of sp³-hybridized carbons (Fsp3) is 0.455. The van der Waals surface area contributed by atoms with Crippen LogP contribution < -0.4 is 5.32 Å². The van der Waals surface area contributed by atoms with Gasteiger partial charge in [0.15, 0.2) is 0 Å². The van der Waals surface area contributed by atoms with Crippen molar-refractivity contribution < 1.29 is 10.2 Å². The lowest BCUT2D eigenvalue weighted by Gasteiger charge is -2.18. The summed E-state index contributed by atoms with van der Waals surface area (Å²) in [5, 5.41) is 22.9. The van der Waals surface area contributed by atoms with Gasteiger partial charge in [-0.15, -0.1) is 0 Å². The molecule has 1 aromatic carbocycles. The van der Waals surface area contributed by atoms with E-state index in [1.54, 1.807) is 31.3 Å². The van der Waals surface area contributed by atoms with Gasteiger partial charge >= 0.3 is 0 Å². The van der Waals surface area contributed by atoms with Crippen LogP contribution in [0.2, 0.25) is 5.02 Å². The Morgan fingerprint density at radius 2 is 2.00 bits per heavy atom. The minimum absolute atomic E-state index is 0.480. The third-order valence-electron chi connectivity index (χ3n) is 2.28. The third kappa shape index (κ3) is 3.47. The van der Waals surface area contributed by atoms with E-state index in [1.165, 1.54) is 0 Å². The predicted molar refractivity (Wildman–Crippen MR) is 61.0 cm³/mol. The van der Waals surface area contributed by atoms with Crippen LogP contribution >= 0.6 is 11.6 Å². The number of aliphatic hydroxyl groups is 2. The zero-order valence-corrected chi connectivity index (χ0v) is 9.41. The Morgan fingerprint density at radius 3 is 2.60 bits per heavy atom. The maximum Gasteiger partial charge on any atom is 0.106 e. The molecule has 0 amide bonds. The molecule has 0 spiro atoms. The number of hydrogen-bond acceptors (Lipinski definition) is 3. The lowest BCUT2D eigenvalue weighted by molar-refractivity contribution is 0.0141. The highest BCUT2D eigenvalue weighted by molar-refractivity contribution is 6.31. The molecule has 0 aliphatic rings. The summed E-state index contributed by atoms with van der Waals surface area (Å²) in [6, 6.07) is 6.99. The summed E-state index contributed by atoms with van der Waals surface area (Å²) in [5.74, 6) is 0. The van der Waals surface area contributed by atoms with Gasteiger partial charge < -0.3 is 15.5 Å². The first-order valence-corrected chi connectivity index (χ1v) is 5.29. The first-order chi connectivity index (χ1) is 7.16. The molecule has 0 radical (unpaired) electrons. The van der Waals surface area contributed by atoms with Gasteiger partial charge in [-0.3, -0.25) is 0 Å². The lowest BCUT2D eigenvalue weighted by Crippen LogP contribution is -2.23. The van der Waals surface area contributed by atoms with Gasteiger partial charge in [0.1, 0.15) is 6.10 Å². The van der Waals surface area contributed by atoms with Gasteiger partial charge in [0.2, 0.25) is 0 Å². The van der Waals surface area contributed by atoms with Crippen molar-refractivity contribution in [3.63, 3.8) is 0 Å². The van der Waals surface area contributed by atoms with Crippen LogP contribution in [0.5, 0.6) is 0 Å². The molecule has 4 heteroatoms. The van der Waals surface area contributed by atoms with Crippen molar-refractivity contribution in [2.24, 2.45) is 0 Å². The Kier molecular flexibility index (Phi) is 5.05. The van der Waals surface area contributed by atoms with Crippen molar-refractivity contribution >= 4 is 11.6 Å². The maximum absolute atomic E-state index is 9.83. The van der Waals surface area contributed by atoms with Gasteiger partial charge in [-0.05, 0) is 26.1 Å². The first kappa shape index (κ1) is 12.5. The molecule has 0 saturated heterocycles. The lowest BCUT2D eigenvalue weighted by atomic mass is 10.0. The van der Waals surface area contributed by atoms with Crippen molar-refractivity contribution in [1.82, 2.24) is 5.32 Å². The van der Waals surface area contributed by atoms with E-state index in [-0.39, 0.29) is 0 Å². The van der Waals surface area contributed by atoms with E-state index in [0.717, 1.165) is 0 Å². The SMILES string of the molecule is CNCCC(O)C(O)c1ccccc1Cl. The number of rotatable bonds is 5. The number of nitrogens with one attached hydrogen (secondary N) is 1. The fourth-order valence-electron chi connectivity index (χ4n) is 1.37. The first-order valence-electron chi connectivity index (χ1n) is 4.92. The predicted octanol–water partition coefficient (Wildman–Crippen LogP) is 1.34. The number of benzene rings is 1. The molecule has 1 aromatic rings. The van der Waals surface area contributed by atoms with Crippen molar-refractivity contribution in [2.45, 2.75) is 18.6 Å². The summed E-state index contributed by atoms with van der Waals surface area (Å²) in [5.41, 5.74) is 0.572. The minimum Gasteiger partial charge on any atom is -0.390 e. The van der Waals surface area contributed by atoms with Crippen molar-refractivity contribution in [2.75, 3.05) is 13.6 Å². The van der Waals surface area contributed by atoms with Crippen LogP contribution in [0.15, 0.2) is 24.3 Å². The quantitative estimate of drug-likeness (QED) is 0.715. The van der Waals surface area contributed by atoms with Gasteiger partial charge in [0.25, 0.3) is 0 Å². The molecule has 2 atom stereocenters. The summed E-state index contributed by atoms with van der Waals surface area (Å²) in [6.07, 6.45) is -1.23. The summed E-state index contributed by atoms with van der Waals surface area (Å²) in [7, 11) is 1.80. The van der Waals surface area contributed by atoms with E-state index >= 15 is 0 Å². The molecule has 1 rings (SSSR count). The molecule has 0 aliphatic heterocycles. The molecule has 84 valence electrons. The van der Waals surface area contributed by atoms with Gasteiger partial charge in [-0.25, -0.2) is 0 Å². The highest BCUT2D eigenvalue weighted by atomic mass is 35.5. The van der Waals surface area contributed by atoms with Crippen LogP contribution in [-0.2, 0) is 0 Å². The summed E-state index contributed by atoms with van der Waals surface area (Å²) in [6.45, 7) is 0.655. The molecule has 0 aromatic heterocycles. The summed E-state index contributed by atoms with van der Waals surface area (Å²) < 4.78 is 0. The summed E-state index contributed by atoms with van der Waals surface area (Å²) >= 11 is 5.91. The zero-order chi connectivity index (χ0) is 11.3. The minimum atomic E-state index is -0.924. The van der Waals surface area contributed by atoms with Crippen LogP contribution in [0.25, 0.3) is 0 Å². The molecule has 0 heterocycles. The van der Waals surface area contributed by atoms with Crippen LogP contribution in [0.1, 0.15) is 18.1 Å². The van der Waals surface area contributed by atoms with Gasteiger partial charge in [0.05, 0.1) is 6.10 Å². The maximum atomic E-state index is 9.83. The second-order valence-corrected chi connectivity index (χ2v) is 3.83. The van der Waals surface area contributed by atoms with Crippen LogP contribution in [-0.4, -0.2) is 29.9 Å². The van der Waals surface area contributed by atoms with Gasteiger partial charge in [-0.2, -0.15) is 0 Å². The Balaban J connectivity index is 2.67.